The summed E-state index contributed by atoms with van der Waals surface area (Å²) in [6.07, 6.45) is 0.915. The van der Waals surface area contributed by atoms with Gasteiger partial charge in [-0.05, 0) is 34.7 Å². The van der Waals surface area contributed by atoms with Gasteiger partial charge >= 0.3 is 6.03 Å². The van der Waals surface area contributed by atoms with Crippen LogP contribution in [0.1, 0.15) is 40.6 Å². The molecule has 2 aliphatic heterocycles. The van der Waals surface area contributed by atoms with Crippen LogP contribution in [-0.4, -0.2) is 28.4 Å². The predicted octanol–water partition coefficient (Wildman–Crippen LogP) is 4.43. The lowest BCUT2D eigenvalue weighted by molar-refractivity contribution is -0.141. The summed E-state index contributed by atoms with van der Waals surface area (Å²) < 4.78 is 0. The Labute approximate surface area is 184 Å². The van der Waals surface area contributed by atoms with Gasteiger partial charge in [-0.15, -0.1) is 11.3 Å². The maximum absolute atomic E-state index is 13.1. The summed E-state index contributed by atoms with van der Waals surface area (Å²) in [6, 6.07) is 18.7. The van der Waals surface area contributed by atoms with Gasteiger partial charge in [-0.25, -0.2) is 4.79 Å². The highest BCUT2D eigenvalue weighted by Gasteiger charge is 2.51. The van der Waals surface area contributed by atoms with Crippen molar-refractivity contribution in [2.75, 3.05) is 6.54 Å². The lowest BCUT2D eigenvalue weighted by Gasteiger charge is -2.28. The third-order valence-electron chi connectivity index (χ3n) is 5.94. The largest absolute Gasteiger partial charge is 0.368 e. The molecule has 2 bridgehead atoms. The standard InChI is InChI=1S/C24H23N3O3S/c1-2-16-10-6-7-11-17(16)20-12-18-19-13-26(21(23(25)28)22(18)31-20)24(29)27(19)30-14-15-8-4-3-5-9-15/h3-12,19,21H,2,13-14H2,1H3,(H2,25,28)/t19-,21-/m0/s1. The molecule has 7 heteroatoms. The number of aryl methyl sites for hydroxylation is 1. The number of nitrogens with zero attached hydrogens (tertiary/aromatic N) is 2. The van der Waals surface area contributed by atoms with E-state index in [1.54, 1.807) is 11.3 Å². The van der Waals surface area contributed by atoms with Gasteiger partial charge in [0, 0.05) is 9.75 Å². The fourth-order valence-electron chi connectivity index (χ4n) is 4.42. The smallest absolute Gasteiger partial charge is 0.345 e. The van der Waals surface area contributed by atoms with Crippen LogP contribution in [-0.2, 0) is 22.7 Å². The molecule has 2 aliphatic rings. The molecule has 0 unspecified atom stereocenters. The number of hydrogen-bond acceptors (Lipinski definition) is 4. The third-order valence-corrected chi connectivity index (χ3v) is 7.18. The Bertz CT molecular complexity index is 1140. The summed E-state index contributed by atoms with van der Waals surface area (Å²) in [5, 5.41) is 1.41. The van der Waals surface area contributed by atoms with Gasteiger partial charge in [0.1, 0.15) is 18.7 Å². The zero-order valence-electron chi connectivity index (χ0n) is 17.2. The molecule has 1 aromatic heterocycles. The number of thiophene rings is 1. The van der Waals surface area contributed by atoms with E-state index in [2.05, 4.69) is 25.1 Å². The molecule has 0 spiro atoms. The van der Waals surface area contributed by atoms with Gasteiger partial charge in [0.15, 0.2) is 0 Å². The van der Waals surface area contributed by atoms with Gasteiger partial charge in [0.05, 0.1) is 6.54 Å². The third kappa shape index (κ3) is 3.30. The Morgan fingerprint density at radius 2 is 1.90 bits per heavy atom. The normalized spacial score (nSPS) is 19.6. The molecule has 158 valence electrons. The van der Waals surface area contributed by atoms with Crippen molar-refractivity contribution in [3.63, 3.8) is 0 Å². The van der Waals surface area contributed by atoms with Crippen LogP contribution in [0.25, 0.3) is 10.4 Å². The molecule has 5 rings (SSSR count). The number of rotatable bonds is 6. The number of urea groups is 1. The average molecular weight is 434 g/mol. The number of carbonyl (C=O) groups is 2. The van der Waals surface area contributed by atoms with Crippen LogP contribution in [0.2, 0.25) is 0 Å². The maximum Gasteiger partial charge on any atom is 0.345 e. The molecule has 0 saturated carbocycles. The van der Waals surface area contributed by atoms with Gasteiger partial charge < -0.3 is 10.6 Å². The monoisotopic (exact) mass is 433 g/mol. The summed E-state index contributed by atoms with van der Waals surface area (Å²) in [6.45, 7) is 2.80. The molecule has 3 aromatic rings. The van der Waals surface area contributed by atoms with Crippen molar-refractivity contribution in [3.05, 3.63) is 82.2 Å². The molecular weight excluding hydrogens is 410 g/mol. The molecule has 31 heavy (non-hydrogen) atoms. The number of hydroxylamine groups is 2. The van der Waals surface area contributed by atoms with E-state index in [1.165, 1.54) is 15.5 Å². The highest BCUT2D eigenvalue weighted by Crippen LogP contribution is 2.49. The minimum Gasteiger partial charge on any atom is -0.368 e. The zero-order chi connectivity index (χ0) is 21.5. The topological polar surface area (TPSA) is 75.9 Å². The molecule has 1 saturated heterocycles. The fraction of sp³-hybridized carbons (Fsp3) is 0.250. The van der Waals surface area contributed by atoms with E-state index in [4.69, 9.17) is 10.6 Å². The minimum absolute atomic E-state index is 0.263. The summed E-state index contributed by atoms with van der Waals surface area (Å²) in [7, 11) is 0. The predicted molar refractivity (Wildman–Crippen MR) is 119 cm³/mol. The number of nitrogens with two attached hydrogens (primary N) is 1. The van der Waals surface area contributed by atoms with Crippen molar-refractivity contribution < 1.29 is 14.4 Å². The second-order valence-electron chi connectivity index (χ2n) is 7.78. The van der Waals surface area contributed by atoms with Gasteiger partial charge in [0.2, 0.25) is 5.91 Å². The summed E-state index contributed by atoms with van der Waals surface area (Å²) in [4.78, 5) is 34.9. The van der Waals surface area contributed by atoms with Crippen molar-refractivity contribution in [2.45, 2.75) is 32.0 Å². The van der Waals surface area contributed by atoms with E-state index in [0.717, 1.165) is 32.9 Å². The van der Waals surface area contributed by atoms with E-state index in [0.29, 0.717) is 6.54 Å². The molecule has 2 aromatic carbocycles. The molecule has 2 atom stereocenters. The van der Waals surface area contributed by atoms with Crippen molar-refractivity contribution >= 4 is 23.3 Å². The van der Waals surface area contributed by atoms with Gasteiger partial charge in [0.25, 0.3) is 0 Å². The second-order valence-corrected chi connectivity index (χ2v) is 8.87. The second kappa shape index (κ2) is 7.83. The first-order valence-electron chi connectivity index (χ1n) is 10.4. The number of benzene rings is 2. The van der Waals surface area contributed by atoms with Gasteiger partial charge in [-0.3, -0.25) is 9.63 Å². The molecule has 0 aliphatic carbocycles. The fourth-order valence-corrected chi connectivity index (χ4v) is 5.82. The average Bonchev–Trinajstić information content (AvgIpc) is 3.34. The molecule has 3 heterocycles. The SMILES string of the molecule is CCc1ccccc1-c1cc2c(s1)[C@@H](C(N)=O)N1C[C@@H]2N(OCc2ccccc2)C1=O. The first-order valence-corrected chi connectivity index (χ1v) is 11.2. The highest BCUT2D eigenvalue weighted by molar-refractivity contribution is 7.16. The van der Waals surface area contributed by atoms with E-state index in [1.807, 2.05) is 42.5 Å². The van der Waals surface area contributed by atoms with E-state index in [9.17, 15) is 9.59 Å². The number of amides is 3. The molecule has 3 amide bonds. The lowest BCUT2D eigenvalue weighted by Crippen LogP contribution is -2.40. The quantitative estimate of drug-likeness (QED) is 0.625. The number of primary amides is 1. The Hall–Kier alpha value is -3.16. The van der Waals surface area contributed by atoms with Crippen molar-refractivity contribution in [2.24, 2.45) is 5.73 Å². The summed E-state index contributed by atoms with van der Waals surface area (Å²) in [5.41, 5.74) is 10.1. The van der Waals surface area contributed by atoms with E-state index in [-0.39, 0.29) is 18.7 Å². The Kier molecular flexibility index (Phi) is 5.00. The molecule has 1 fully saturated rings. The number of hydrogen-bond donors (Lipinski definition) is 1. The number of carbonyl (C=O) groups excluding carboxylic acids is 2. The van der Waals surface area contributed by atoms with E-state index >= 15 is 0 Å². The number of fused-ring (bicyclic) bond motifs is 4. The zero-order valence-corrected chi connectivity index (χ0v) is 18.0. The van der Waals surface area contributed by atoms with Crippen LogP contribution < -0.4 is 5.73 Å². The van der Waals surface area contributed by atoms with Crippen LogP contribution in [0.5, 0.6) is 0 Å². The minimum atomic E-state index is -0.767. The van der Waals surface area contributed by atoms with Crippen LogP contribution in [0.3, 0.4) is 0 Å². The van der Waals surface area contributed by atoms with Crippen molar-refractivity contribution in [1.29, 1.82) is 0 Å². The molecule has 0 radical (unpaired) electrons. The maximum atomic E-state index is 13.1. The summed E-state index contributed by atoms with van der Waals surface area (Å²) in [5.74, 6) is -0.518. The van der Waals surface area contributed by atoms with Crippen molar-refractivity contribution in [3.8, 4) is 10.4 Å². The van der Waals surface area contributed by atoms with Crippen molar-refractivity contribution in [1.82, 2.24) is 9.96 Å². The Morgan fingerprint density at radius 1 is 1.16 bits per heavy atom. The van der Waals surface area contributed by atoms with E-state index < -0.39 is 11.9 Å². The first-order chi connectivity index (χ1) is 15.1. The lowest BCUT2D eigenvalue weighted by atomic mass is 9.97. The highest BCUT2D eigenvalue weighted by atomic mass is 32.1. The van der Waals surface area contributed by atoms with Gasteiger partial charge in [-0.2, -0.15) is 5.06 Å². The molecular formula is C24H23N3O3S. The first kappa shape index (κ1) is 19.8. The van der Waals surface area contributed by atoms with Crippen LogP contribution >= 0.6 is 11.3 Å². The van der Waals surface area contributed by atoms with Crippen LogP contribution in [0, 0.1) is 0 Å². The van der Waals surface area contributed by atoms with Gasteiger partial charge in [-0.1, -0.05) is 61.5 Å². The van der Waals surface area contributed by atoms with Crippen LogP contribution in [0.4, 0.5) is 4.79 Å². The Morgan fingerprint density at radius 3 is 2.65 bits per heavy atom. The summed E-state index contributed by atoms with van der Waals surface area (Å²) >= 11 is 1.54. The Balaban J connectivity index is 1.53. The van der Waals surface area contributed by atoms with Crippen LogP contribution in [0.15, 0.2) is 60.7 Å². The molecule has 6 nitrogen and oxygen atoms in total. The molecule has 2 N–H and O–H groups in total.